The average Bonchev–Trinajstić information content (AvgIpc) is 2.41. The predicted molar refractivity (Wildman–Crippen MR) is 76.0 cm³/mol. The Morgan fingerprint density at radius 3 is 2.72 bits per heavy atom. The van der Waals surface area contributed by atoms with Crippen molar-refractivity contribution in [1.29, 1.82) is 0 Å². The zero-order valence-electron chi connectivity index (χ0n) is 11.6. The SMILES string of the molecule is CCc1cc(CC2CCCCC2N)ccc1OC. The summed E-state index contributed by atoms with van der Waals surface area (Å²) in [6.45, 7) is 2.17. The van der Waals surface area contributed by atoms with Crippen LogP contribution in [-0.2, 0) is 12.8 Å². The van der Waals surface area contributed by atoms with Gasteiger partial charge in [0.1, 0.15) is 5.75 Å². The van der Waals surface area contributed by atoms with Crippen LogP contribution in [0.2, 0.25) is 0 Å². The van der Waals surface area contributed by atoms with E-state index in [-0.39, 0.29) is 0 Å². The van der Waals surface area contributed by atoms with Crippen molar-refractivity contribution in [3.63, 3.8) is 0 Å². The van der Waals surface area contributed by atoms with E-state index < -0.39 is 0 Å². The van der Waals surface area contributed by atoms with Crippen LogP contribution in [0.1, 0.15) is 43.7 Å². The molecule has 2 heteroatoms. The van der Waals surface area contributed by atoms with Gasteiger partial charge in [0, 0.05) is 6.04 Å². The van der Waals surface area contributed by atoms with Crippen molar-refractivity contribution in [2.24, 2.45) is 11.7 Å². The molecule has 0 saturated heterocycles. The Hall–Kier alpha value is -1.02. The fraction of sp³-hybridized carbons (Fsp3) is 0.625. The molecule has 1 aromatic rings. The van der Waals surface area contributed by atoms with Gasteiger partial charge in [0.05, 0.1) is 7.11 Å². The van der Waals surface area contributed by atoms with E-state index in [0.717, 1.165) is 18.6 Å². The molecular weight excluding hydrogens is 222 g/mol. The van der Waals surface area contributed by atoms with Crippen LogP contribution in [0.5, 0.6) is 5.75 Å². The highest BCUT2D eigenvalue weighted by atomic mass is 16.5. The molecular formula is C16H25NO. The fourth-order valence-corrected chi connectivity index (χ4v) is 3.03. The number of benzene rings is 1. The normalized spacial score (nSPS) is 23.9. The summed E-state index contributed by atoms with van der Waals surface area (Å²) in [5, 5.41) is 0. The Morgan fingerprint density at radius 2 is 2.06 bits per heavy atom. The molecule has 0 bridgehead atoms. The van der Waals surface area contributed by atoms with Gasteiger partial charge in [0.15, 0.2) is 0 Å². The van der Waals surface area contributed by atoms with Gasteiger partial charge in [-0.15, -0.1) is 0 Å². The van der Waals surface area contributed by atoms with E-state index in [9.17, 15) is 0 Å². The molecule has 2 rings (SSSR count). The maximum absolute atomic E-state index is 6.23. The first-order valence-corrected chi connectivity index (χ1v) is 7.16. The van der Waals surface area contributed by atoms with E-state index in [1.165, 1.54) is 36.8 Å². The van der Waals surface area contributed by atoms with Gasteiger partial charge in [-0.05, 0) is 48.8 Å². The summed E-state index contributed by atoms with van der Waals surface area (Å²) in [5.41, 5.74) is 8.95. The highest BCUT2D eigenvalue weighted by Gasteiger charge is 2.22. The molecule has 1 aliphatic rings. The summed E-state index contributed by atoms with van der Waals surface area (Å²) in [6, 6.07) is 6.98. The van der Waals surface area contributed by atoms with Crippen molar-refractivity contribution < 1.29 is 4.74 Å². The molecule has 1 aliphatic carbocycles. The lowest BCUT2D eigenvalue weighted by molar-refractivity contribution is 0.306. The molecule has 2 N–H and O–H groups in total. The minimum absolute atomic E-state index is 0.394. The van der Waals surface area contributed by atoms with E-state index in [2.05, 4.69) is 25.1 Å². The van der Waals surface area contributed by atoms with Crippen LogP contribution in [0, 0.1) is 5.92 Å². The average molecular weight is 247 g/mol. The highest BCUT2D eigenvalue weighted by Crippen LogP contribution is 2.28. The van der Waals surface area contributed by atoms with Crippen LogP contribution in [0.3, 0.4) is 0 Å². The number of nitrogens with two attached hydrogens (primary N) is 1. The fourth-order valence-electron chi connectivity index (χ4n) is 3.03. The van der Waals surface area contributed by atoms with Crippen molar-refractivity contribution >= 4 is 0 Å². The van der Waals surface area contributed by atoms with Gasteiger partial charge in [-0.1, -0.05) is 31.9 Å². The monoisotopic (exact) mass is 247 g/mol. The molecule has 1 aromatic carbocycles. The number of hydrogen-bond acceptors (Lipinski definition) is 2. The third kappa shape index (κ3) is 3.05. The Bertz CT molecular complexity index is 389. The first-order valence-electron chi connectivity index (χ1n) is 7.16. The molecule has 0 spiro atoms. The Balaban J connectivity index is 2.08. The van der Waals surface area contributed by atoms with Crippen LogP contribution in [0.25, 0.3) is 0 Å². The Morgan fingerprint density at radius 1 is 1.28 bits per heavy atom. The second-order valence-electron chi connectivity index (χ2n) is 5.41. The molecule has 2 nitrogen and oxygen atoms in total. The topological polar surface area (TPSA) is 35.2 Å². The summed E-state index contributed by atoms with van der Waals surface area (Å²) < 4.78 is 5.38. The lowest BCUT2D eigenvalue weighted by Gasteiger charge is -2.28. The van der Waals surface area contributed by atoms with E-state index in [4.69, 9.17) is 10.5 Å². The van der Waals surface area contributed by atoms with Crippen LogP contribution in [0.4, 0.5) is 0 Å². The third-order valence-electron chi connectivity index (χ3n) is 4.19. The van der Waals surface area contributed by atoms with Gasteiger partial charge in [0.25, 0.3) is 0 Å². The van der Waals surface area contributed by atoms with Gasteiger partial charge in [-0.25, -0.2) is 0 Å². The summed E-state index contributed by atoms with van der Waals surface area (Å²) in [6.07, 6.45) is 7.28. The summed E-state index contributed by atoms with van der Waals surface area (Å²) >= 11 is 0. The third-order valence-corrected chi connectivity index (χ3v) is 4.19. The van der Waals surface area contributed by atoms with Gasteiger partial charge in [-0.2, -0.15) is 0 Å². The van der Waals surface area contributed by atoms with Crippen LogP contribution >= 0.6 is 0 Å². The van der Waals surface area contributed by atoms with E-state index in [1.807, 2.05) is 0 Å². The van der Waals surface area contributed by atoms with Crippen LogP contribution in [0.15, 0.2) is 18.2 Å². The van der Waals surface area contributed by atoms with E-state index in [0.29, 0.717) is 12.0 Å². The zero-order valence-corrected chi connectivity index (χ0v) is 11.6. The maximum Gasteiger partial charge on any atom is 0.122 e. The van der Waals surface area contributed by atoms with Crippen LogP contribution in [-0.4, -0.2) is 13.2 Å². The quantitative estimate of drug-likeness (QED) is 0.886. The summed E-state index contributed by atoms with van der Waals surface area (Å²) in [7, 11) is 1.74. The molecule has 0 amide bonds. The zero-order chi connectivity index (χ0) is 13.0. The van der Waals surface area contributed by atoms with Crippen molar-refractivity contribution in [2.75, 3.05) is 7.11 Å². The highest BCUT2D eigenvalue weighted by molar-refractivity contribution is 5.37. The molecule has 100 valence electrons. The number of methoxy groups -OCH3 is 1. The second kappa shape index (κ2) is 6.24. The number of ether oxygens (including phenoxy) is 1. The molecule has 2 atom stereocenters. The number of hydrogen-bond donors (Lipinski definition) is 1. The predicted octanol–water partition coefficient (Wildman–Crippen LogP) is 3.32. The van der Waals surface area contributed by atoms with Gasteiger partial charge in [-0.3, -0.25) is 0 Å². The van der Waals surface area contributed by atoms with Crippen LogP contribution < -0.4 is 10.5 Å². The summed E-state index contributed by atoms with van der Waals surface area (Å²) in [5.74, 6) is 1.67. The first kappa shape index (κ1) is 13.4. The molecule has 0 heterocycles. The minimum Gasteiger partial charge on any atom is -0.496 e. The Kier molecular flexibility index (Phi) is 4.65. The van der Waals surface area contributed by atoms with Crippen molar-refractivity contribution in [3.8, 4) is 5.75 Å². The number of rotatable bonds is 4. The van der Waals surface area contributed by atoms with E-state index in [1.54, 1.807) is 7.11 Å². The molecule has 2 unspecified atom stereocenters. The minimum atomic E-state index is 0.394. The molecule has 0 aromatic heterocycles. The van der Waals surface area contributed by atoms with Gasteiger partial charge in [0.2, 0.25) is 0 Å². The van der Waals surface area contributed by atoms with Gasteiger partial charge < -0.3 is 10.5 Å². The summed E-state index contributed by atoms with van der Waals surface area (Å²) in [4.78, 5) is 0. The van der Waals surface area contributed by atoms with Gasteiger partial charge >= 0.3 is 0 Å². The lowest BCUT2D eigenvalue weighted by atomic mass is 9.81. The molecule has 0 aliphatic heterocycles. The molecule has 18 heavy (non-hydrogen) atoms. The lowest BCUT2D eigenvalue weighted by Crippen LogP contribution is -2.34. The van der Waals surface area contributed by atoms with E-state index >= 15 is 0 Å². The maximum atomic E-state index is 6.23. The second-order valence-corrected chi connectivity index (χ2v) is 5.41. The van der Waals surface area contributed by atoms with Crippen molar-refractivity contribution in [1.82, 2.24) is 0 Å². The standard InChI is InChI=1S/C16H25NO/c1-3-13-10-12(8-9-16(13)18-2)11-14-6-4-5-7-15(14)17/h8-10,14-15H,3-7,11,17H2,1-2H3. The smallest absolute Gasteiger partial charge is 0.122 e. The molecule has 1 fully saturated rings. The first-order chi connectivity index (χ1) is 8.74. The largest absolute Gasteiger partial charge is 0.496 e. The number of aryl methyl sites for hydroxylation is 1. The van der Waals surface area contributed by atoms with Crippen molar-refractivity contribution in [3.05, 3.63) is 29.3 Å². The van der Waals surface area contributed by atoms with Crippen molar-refractivity contribution in [2.45, 2.75) is 51.5 Å². The molecule has 0 radical (unpaired) electrons. The Labute approximate surface area is 111 Å². The molecule has 1 saturated carbocycles.